The monoisotopic (exact) mass is 307 g/mol. The summed E-state index contributed by atoms with van der Waals surface area (Å²) in [5.41, 5.74) is 6.60. The summed E-state index contributed by atoms with van der Waals surface area (Å²) in [6.07, 6.45) is 3.29. The van der Waals surface area contributed by atoms with E-state index in [2.05, 4.69) is 38.3 Å². The van der Waals surface area contributed by atoms with Gasteiger partial charge in [0.2, 0.25) is 0 Å². The topological polar surface area (TPSA) is 67.2 Å². The van der Waals surface area contributed by atoms with Crippen LogP contribution in [0.15, 0.2) is 52.3 Å². The number of hydrogen-bond donors (Lipinski definition) is 2. The van der Waals surface area contributed by atoms with Crippen molar-refractivity contribution in [2.75, 3.05) is 0 Å². The van der Waals surface area contributed by atoms with E-state index in [4.69, 9.17) is 4.42 Å². The molecular formula is C12H10BrN3O2. The molecule has 0 radical (unpaired) electrons. The van der Waals surface area contributed by atoms with Crippen LogP contribution in [0.4, 0.5) is 0 Å². The first-order valence-corrected chi connectivity index (χ1v) is 5.87. The number of carbonyl (C=O) groups is 1. The van der Waals surface area contributed by atoms with Gasteiger partial charge in [-0.3, -0.25) is 20.6 Å². The average molecular weight is 308 g/mol. The zero-order valence-electron chi connectivity index (χ0n) is 9.31. The third kappa shape index (κ3) is 2.98. The van der Waals surface area contributed by atoms with E-state index in [0.29, 0.717) is 10.4 Å². The van der Waals surface area contributed by atoms with Crippen molar-refractivity contribution in [1.29, 1.82) is 0 Å². The van der Waals surface area contributed by atoms with Gasteiger partial charge in [0.25, 0.3) is 0 Å². The molecule has 18 heavy (non-hydrogen) atoms. The maximum absolute atomic E-state index is 11.7. The number of halogens is 1. The molecule has 0 spiro atoms. The fourth-order valence-electron chi connectivity index (χ4n) is 1.26. The van der Waals surface area contributed by atoms with Crippen molar-refractivity contribution in [3.05, 3.63) is 59.2 Å². The molecule has 0 unspecified atom stereocenters. The first-order chi connectivity index (χ1) is 8.66. The Kier molecular flexibility index (Phi) is 3.78. The van der Waals surface area contributed by atoms with Gasteiger partial charge < -0.3 is 4.42 Å². The van der Waals surface area contributed by atoms with Crippen LogP contribution in [-0.2, 0) is 0 Å². The van der Waals surface area contributed by atoms with E-state index in [9.17, 15) is 4.79 Å². The molecule has 2 N–H and O–H groups in total. The number of carbonyl (C=O) groups excluding carboxylic acids is 1. The number of pyridine rings is 1. The predicted octanol–water partition coefficient (Wildman–Crippen LogP) is 2.34. The van der Waals surface area contributed by atoms with E-state index < -0.39 is 0 Å². The second kappa shape index (κ2) is 5.50. The fourth-order valence-corrected chi connectivity index (χ4v) is 1.56. The summed E-state index contributed by atoms with van der Waals surface area (Å²) in [7, 11) is 0. The SMILES string of the molecule is C=C(NNC(=O)c1ccc(Br)o1)c1ccncc1. The highest BCUT2D eigenvalue weighted by Crippen LogP contribution is 2.13. The van der Waals surface area contributed by atoms with Crippen LogP contribution in [0.25, 0.3) is 5.70 Å². The van der Waals surface area contributed by atoms with Crippen LogP contribution in [0.5, 0.6) is 0 Å². The van der Waals surface area contributed by atoms with Gasteiger partial charge in [0.05, 0.1) is 5.70 Å². The van der Waals surface area contributed by atoms with Crippen molar-refractivity contribution in [3.8, 4) is 0 Å². The molecule has 92 valence electrons. The number of hydrogen-bond acceptors (Lipinski definition) is 4. The Hall–Kier alpha value is -2.08. The smallest absolute Gasteiger partial charge is 0.305 e. The molecule has 0 saturated heterocycles. The molecule has 5 nitrogen and oxygen atoms in total. The second-order valence-electron chi connectivity index (χ2n) is 3.40. The third-order valence-corrected chi connectivity index (χ3v) is 2.58. The minimum Gasteiger partial charge on any atom is -0.444 e. The average Bonchev–Trinajstić information content (AvgIpc) is 2.83. The molecule has 2 heterocycles. The number of rotatable bonds is 4. The zero-order chi connectivity index (χ0) is 13.0. The molecule has 0 aliphatic carbocycles. The molecular weight excluding hydrogens is 298 g/mol. The number of furan rings is 1. The lowest BCUT2D eigenvalue weighted by molar-refractivity contribution is 0.0913. The van der Waals surface area contributed by atoms with Crippen LogP contribution in [0.1, 0.15) is 16.1 Å². The highest BCUT2D eigenvalue weighted by Gasteiger charge is 2.10. The van der Waals surface area contributed by atoms with Gasteiger partial charge in [-0.05, 0) is 40.2 Å². The molecule has 2 aromatic rings. The van der Waals surface area contributed by atoms with Crippen molar-refractivity contribution in [1.82, 2.24) is 15.8 Å². The van der Waals surface area contributed by atoms with Crippen molar-refractivity contribution in [3.63, 3.8) is 0 Å². The van der Waals surface area contributed by atoms with Crippen LogP contribution in [0, 0.1) is 0 Å². The molecule has 2 rings (SSSR count). The molecule has 0 fully saturated rings. The van der Waals surface area contributed by atoms with Crippen molar-refractivity contribution < 1.29 is 9.21 Å². The molecule has 1 amide bonds. The normalized spacial score (nSPS) is 9.83. The van der Waals surface area contributed by atoms with Crippen LogP contribution in [-0.4, -0.2) is 10.9 Å². The number of aromatic nitrogens is 1. The van der Waals surface area contributed by atoms with E-state index in [1.54, 1.807) is 36.7 Å². The molecule has 0 saturated carbocycles. The molecule has 0 aliphatic heterocycles. The lowest BCUT2D eigenvalue weighted by Gasteiger charge is -2.09. The van der Waals surface area contributed by atoms with Crippen molar-refractivity contribution in [2.45, 2.75) is 0 Å². The predicted molar refractivity (Wildman–Crippen MR) is 70.3 cm³/mol. The van der Waals surface area contributed by atoms with E-state index >= 15 is 0 Å². The summed E-state index contributed by atoms with van der Waals surface area (Å²) in [6.45, 7) is 3.80. The maximum atomic E-state index is 11.7. The van der Waals surface area contributed by atoms with Crippen LogP contribution in [0.2, 0.25) is 0 Å². The number of hydrazine groups is 1. The Balaban J connectivity index is 1.92. The van der Waals surface area contributed by atoms with E-state index in [1.165, 1.54) is 0 Å². The highest BCUT2D eigenvalue weighted by atomic mass is 79.9. The molecule has 2 aromatic heterocycles. The number of amides is 1. The third-order valence-electron chi connectivity index (χ3n) is 2.15. The fraction of sp³-hybridized carbons (Fsp3) is 0. The van der Waals surface area contributed by atoms with Crippen LogP contribution >= 0.6 is 15.9 Å². The second-order valence-corrected chi connectivity index (χ2v) is 4.18. The van der Waals surface area contributed by atoms with Gasteiger partial charge in [0.15, 0.2) is 10.4 Å². The van der Waals surface area contributed by atoms with Gasteiger partial charge >= 0.3 is 5.91 Å². The Morgan fingerprint density at radius 3 is 2.56 bits per heavy atom. The summed E-state index contributed by atoms with van der Waals surface area (Å²) in [4.78, 5) is 15.5. The number of nitrogens with zero attached hydrogens (tertiary/aromatic N) is 1. The Bertz CT molecular complexity index is 566. The zero-order valence-corrected chi connectivity index (χ0v) is 10.9. The van der Waals surface area contributed by atoms with Crippen LogP contribution in [0.3, 0.4) is 0 Å². The summed E-state index contributed by atoms with van der Waals surface area (Å²) >= 11 is 3.13. The largest absolute Gasteiger partial charge is 0.444 e. The summed E-state index contributed by atoms with van der Waals surface area (Å²) in [5.74, 6) is -0.173. The molecule has 6 heteroatoms. The minimum absolute atomic E-state index is 0.205. The van der Waals surface area contributed by atoms with Gasteiger partial charge in [0, 0.05) is 18.0 Å². The van der Waals surface area contributed by atoms with Gasteiger partial charge in [-0.1, -0.05) is 6.58 Å². The lowest BCUT2D eigenvalue weighted by Crippen LogP contribution is -2.35. The van der Waals surface area contributed by atoms with Gasteiger partial charge in [-0.15, -0.1) is 0 Å². The van der Waals surface area contributed by atoms with Gasteiger partial charge in [-0.25, -0.2) is 0 Å². The van der Waals surface area contributed by atoms with Crippen molar-refractivity contribution in [2.24, 2.45) is 0 Å². The van der Waals surface area contributed by atoms with E-state index in [0.717, 1.165) is 5.56 Å². The summed E-state index contributed by atoms with van der Waals surface area (Å²) in [6, 6.07) is 6.78. The Morgan fingerprint density at radius 2 is 1.94 bits per heavy atom. The quantitative estimate of drug-likeness (QED) is 0.851. The molecule has 0 atom stereocenters. The summed E-state index contributed by atoms with van der Waals surface area (Å²) in [5, 5.41) is 0. The first-order valence-electron chi connectivity index (χ1n) is 5.08. The van der Waals surface area contributed by atoms with Crippen molar-refractivity contribution >= 4 is 27.5 Å². The van der Waals surface area contributed by atoms with E-state index in [-0.39, 0.29) is 11.7 Å². The first kappa shape index (κ1) is 12.4. The molecule has 0 aliphatic rings. The maximum Gasteiger partial charge on any atom is 0.305 e. The minimum atomic E-state index is -0.379. The summed E-state index contributed by atoms with van der Waals surface area (Å²) < 4.78 is 5.61. The lowest BCUT2D eigenvalue weighted by atomic mass is 10.2. The standard InChI is InChI=1S/C12H10BrN3O2/c1-8(9-4-6-14-7-5-9)15-16-12(17)10-2-3-11(13)18-10/h2-7,15H,1H2,(H,16,17). The van der Waals surface area contributed by atoms with Crippen LogP contribution < -0.4 is 10.9 Å². The Labute approximate surface area is 112 Å². The van der Waals surface area contributed by atoms with Gasteiger partial charge in [-0.2, -0.15) is 0 Å². The van der Waals surface area contributed by atoms with E-state index in [1.807, 2.05) is 0 Å². The Morgan fingerprint density at radius 1 is 1.22 bits per heavy atom. The number of nitrogens with one attached hydrogen (secondary N) is 2. The highest BCUT2D eigenvalue weighted by molar-refractivity contribution is 9.10. The molecule has 0 bridgehead atoms. The van der Waals surface area contributed by atoms with Gasteiger partial charge in [0.1, 0.15) is 0 Å². The molecule has 0 aromatic carbocycles.